The van der Waals surface area contributed by atoms with Crippen molar-refractivity contribution < 1.29 is 9.47 Å². The number of anilines is 3. The Kier molecular flexibility index (Phi) is 6.07. The van der Waals surface area contributed by atoms with E-state index in [1.807, 2.05) is 6.07 Å². The summed E-state index contributed by atoms with van der Waals surface area (Å²) in [4.78, 5) is 11.5. The number of ether oxygens (including phenoxy) is 2. The fourth-order valence-corrected chi connectivity index (χ4v) is 3.53. The second kappa shape index (κ2) is 8.52. The lowest BCUT2D eigenvalue weighted by atomic mass is 10.0. The van der Waals surface area contributed by atoms with Gasteiger partial charge in [-0.2, -0.15) is 4.98 Å². The van der Waals surface area contributed by atoms with Crippen molar-refractivity contribution in [2.75, 3.05) is 49.9 Å². The summed E-state index contributed by atoms with van der Waals surface area (Å²) in [6, 6.07) is 5.72. The standard InChI is InChI=1S/C20H29N7O2/c1-11(2)15-10-29-6-5-27(15)17-9-14(25-20(24-3)26-17)12-7-13(21)18(19(22)23)16(8-12)28-4/h7-9,11,15H,5-6,10,21H2,1-4H3,(H3,22,23)(H,24,25,26). The molecule has 29 heavy (non-hydrogen) atoms. The minimum Gasteiger partial charge on any atom is -0.496 e. The Morgan fingerprint density at radius 3 is 2.72 bits per heavy atom. The normalized spacial score (nSPS) is 16.7. The highest BCUT2D eigenvalue weighted by Gasteiger charge is 2.28. The van der Waals surface area contributed by atoms with E-state index >= 15 is 0 Å². The molecule has 0 spiro atoms. The van der Waals surface area contributed by atoms with Crippen molar-refractivity contribution in [3.05, 3.63) is 23.8 Å². The molecule has 3 rings (SSSR count). The largest absolute Gasteiger partial charge is 0.496 e. The van der Waals surface area contributed by atoms with Crippen LogP contribution in [0.2, 0.25) is 0 Å². The molecule has 9 nitrogen and oxygen atoms in total. The van der Waals surface area contributed by atoms with Crippen molar-refractivity contribution >= 4 is 23.3 Å². The number of nitrogens with two attached hydrogens (primary N) is 2. The Morgan fingerprint density at radius 1 is 1.34 bits per heavy atom. The van der Waals surface area contributed by atoms with Gasteiger partial charge in [-0.1, -0.05) is 13.8 Å². The summed E-state index contributed by atoms with van der Waals surface area (Å²) >= 11 is 0. The van der Waals surface area contributed by atoms with Gasteiger partial charge in [-0.05, 0) is 18.1 Å². The van der Waals surface area contributed by atoms with Crippen molar-refractivity contribution in [1.82, 2.24) is 9.97 Å². The third-order valence-electron chi connectivity index (χ3n) is 5.08. The molecule has 2 heterocycles. The molecule has 1 unspecified atom stereocenters. The number of nitrogens with one attached hydrogen (secondary N) is 2. The number of rotatable bonds is 6. The molecule has 1 aliphatic rings. The van der Waals surface area contributed by atoms with Crippen LogP contribution in [0.25, 0.3) is 11.3 Å². The Balaban J connectivity index is 2.10. The quantitative estimate of drug-likeness (QED) is 0.329. The van der Waals surface area contributed by atoms with Crippen LogP contribution < -0.4 is 26.4 Å². The van der Waals surface area contributed by atoms with Gasteiger partial charge in [0.25, 0.3) is 0 Å². The van der Waals surface area contributed by atoms with Gasteiger partial charge in [0.05, 0.1) is 37.6 Å². The Bertz CT molecular complexity index is 901. The van der Waals surface area contributed by atoms with Crippen LogP contribution in [0, 0.1) is 11.3 Å². The summed E-state index contributed by atoms with van der Waals surface area (Å²) in [5.41, 5.74) is 14.0. The van der Waals surface area contributed by atoms with Crippen LogP contribution >= 0.6 is 0 Å². The lowest BCUT2D eigenvalue weighted by molar-refractivity contribution is 0.0802. The molecule has 1 aliphatic heterocycles. The van der Waals surface area contributed by atoms with Crippen molar-refractivity contribution in [1.29, 1.82) is 5.41 Å². The van der Waals surface area contributed by atoms with Crippen LogP contribution in [0.15, 0.2) is 18.2 Å². The number of hydrogen-bond donors (Lipinski definition) is 4. The maximum atomic E-state index is 7.75. The SMILES string of the molecule is CNc1nc(-c2cc(N)c(C(=N)N)c(OC)c2)cc(N2CCOCC2C(C)C)n1. The lowest BCUT2D eigenvalue weighted by Crippen LogP contribution is -2.48. The Hall–Kier alpha value is -3.07. The van der Waals surface area contributed by atoms with Gasteiger partial charge < -0.3 is 31.2 Å². The van der Waals surface area contributed by atoms with E-state index in [4.69, 9.17) is 26.4 Å². The Labute approximate surface area is 170 Å². The molecule has 1 aromatic heterocycles. The zero-order chi connectivity index (χ0) is 21.1. The van der Waals surface area contributed by atoms with Gasteiger partial charge in [0.1, 0.15) is 17.4 Å². The maximum absolute atomic E-state index is 7.75. The summed E-state index contributed by atoms with van der Waals surface area (Å²) in [5, 5.41) is 10.8. The van der Waals surface area contributed by atoms with E-state index in [1.54, 1.807) is 19.2 Å². The summed E-state index contributed by atoms with van der Waals surface area (Å²) in [6.07, 6.45) is 0. The van der Waals surface area contributed by atoms with Gasteiger partial charge in [0, 0.05) is 30.9 Å². The summed E-state index contributed by atoms with van der Waals surface area (Å²) in [5.74, 6) is 2.05. The highest BCUT2D eigenvalue weighted by Crippen LogP contribution is 2.33. The topological polar surface area (TPSA) is 135 Å². The number of nitrogens with zero attached hydrogens (tertiary/aromatic N) is 3. The number of nitrogen functional groups attached to an aromatic ring is 2. The minimum atomic E-state index is -0.140. The molecule has 6 N–H and O–H groups in total. The van der Waals surface area contributed by atoms with E-state index in [2.05, 4.69) is 34.0 Å². The van der Waals surface area contributed by atoms with Crippen molar-refractivity contribution in [2.45, 2.75) is 19.9 Å². The van der Waals surface area contributed by atoms with Crippen LogP contribution in [0.3, 0.4) is 0 Å². The fourth-order valence-electron chi connectivity index (χ4n) is 3.53. The predicted molar refractivity (Wildman–Crippen MR) is 116 cm³/mol. The minimum absolute atomic E-state index is 0.140. The van der Waals surface area contributed by atoms with Crippen molar-refractivity contribution in [2.24, 2.45) is 11.7 Å². The molecule has 0 bridgehead atoms. The molecule has 0 amide bonds. The van der Waals surface area contributed by atoms with Crippen LogP contribution in [-0.4, -0.2) is 55.8 Å². The second-order valence-corrected chi connectivity index (χ2v) is 7.32. The molecule has 0 saturated carbocycles. The summed E-state index contributed by atoms with van der Waals surface area (Å²) in [6.45, 7) is 6.45. The molecule has 1 fully saturated rings. The predicted octanol–water partition coefficient (Wildman–Crippen LogP) is 1.92. The summed E-state index contributed by atoms with van der Waals surface area (Å²) < 4.78 is 11.1. The van der Waals surface area contributed by atoms with E-state index in [1.165, 1.54) is 7.11 Å². The van der Waals surface area contributed by atoms with Gasteiger partial charge in [-0.25, -0.2) is 4.98 Å². The van der Waals surface area contributed by atoms with E-state index < -0.39 is 0 Å². The van der Waals surface area contributed by atoms with Crippen LogP contribution in [0.4, 0.5) is 17.5 Å². The number of amidine groups is 1. The maximum Gasteiger partial charge on any atom is 0.224 e. The number of morpholine rings is 1. The number of methoxy groups -OCH3 is 1. The second-order valence-electron chi connectivity index (χ2n) is 7.32. The monoisotopic (exact) mass is 399 g/mol. The first-order valence-corrected chi connectivity index (χ1v) is 9.59. The average molecular weight is 399 g/mol. The first-order chi connectivity index (χ1) is 13.8. The molecule has 156 valence electrons. The first-order valence-electron chi connectivity index (χ1n) is 9.59. The van der Waals surface area contributed by atoms with E-state index in [-0.39, 0.29) is 11.9 Å². The van der Waals surface area contributed by atoms with E-state index in [9.17, 15) is 0 Å². The van der Waals surface area contributed by atoms with Crippen molar-refractivity contribution in [3.8, 4) is 17.0 Å². The van der Waals surface area contributed by atoms with Gasteiger partial charge in [0.2, 0.25) is 5.95 Å². The highest BCUT2D eigenvalue weighted by molar-refractivity contribution is 6.03. The molecule has 0 aliphatic carbocycles. The van der Waals surface area contributed by atoms with Crippen LogP contribution in [-0.2, 0) is 4.74 Å². The van der Waals surface area contributed by atoms with Gasteiger partial charge in [0.15, 0.2) is 0 Å². The zero-order valence-corrected chi connectivity index (χ0v) is 17.3. The molecular formula is C20H29N7O2. The summed E-state index contributed by atoms with van der Waals surface area (Å²) in [7, 11) is 3.31. The van der Waals surface area contributed by atoms with E-state index in [0.29, 0.717) is 47.8 Å². The lowest BCUT2D eigenvalue weighted by Gasteiger charge is -2.39. The zero-order valence-electron chi connectivity index (χ0n) is 17.3. The fraction of sp³-hybridized carbons (Fsp3) is 0.450. The third-order valence-corrected chi connectivity index (χ3v) is 5.08. The molecule has 9 heteroatoms. The van der Waals surface area contributed by atoms with Gasteiger partial charge in [-0.15, -0.1) is 0 Å². The molecule has 0 radical (unpaired) electrons. The number of aromatic nitrogens is 2. The van der Waals surface area contributed by atoms with Crippen LogP contribution in [0.5, 0.6) is 5.75 Å². The molecule has 2 aromatic rings. The number of benzene rings is 1. The average Bonchev–Trinajstić information content (AvgIpc) is 2.72. The Morgan fingerprint density at radius 2 is 2.10 bits per heavy atom. The van der Waals surface area contributed by atoms with E-state index in [0.717, 1.165) is 17.9 Å². The van der Waals surface area contributed by atoms with Gasteiger partial charge in [-0.3, -0.25) is 5.41 Å². The van der Waals surface area contributed by atoms with Crippen LogP contribution in [0.1, 0.15) is 19.4 Å². The molecular weight excluding hydrogens is 370 g/mol. The molecule has 1 saturated heterocycles. The van der Waals surface area contributed by atoms with Crippen molar-refractivity contribution in [3.63, 3.8) is 0 Å². The highest BCUT2D eigenvalue weighted by atomic mass is 16.5. The first kappa shape index (κ1) is 20.7. The third kappa shape index (κ3) is 4.19. The molecule has 1 aromatic carbocycles. The molecule has 1 atom stereocenters. The van der Waals surface area contributed by atoms with Gasteiger partial charge >= 0.3 is 0 Å². The smallest absolute Gasteiger partial charge is 0.224 e. The number of hydrogen-bond acceptors (Lipinski definition) is 8.